The lowest BCUT2D eigenvalue weighted by atomic mass is 10.1. The smallest absolute Gasteiger partial charge is 0.265 e. The lowest BCUT2D eigenvalue weighted by molar-refractivity contribution is -0.118. The maximum Gasteiger partial charge on any atom is 0.265 e. The number of carbonyl (C=O) groups excluding carboxylic acids is 2. The zero-order chi connectivity index (χ0) is 17.3. The SMILES string of the molecule is Cc1ccccc1S(=O)(=O)NC(=O)c1ccc2c(c1)OCC(=O)N2. The van der Waals surface area contributed by atoms with Crippen molar-refractivity contribution in [1.82, 2.24) is 4.72 Å². The van der Waals surface area contributed by atoms with E-state index in [1.807, 2.05) is 4.72 Å². The maximum atomic E-state index is 12.3. The molecule has 0 atom stereocenters. The highest BCUT2D eigenvalue weighted by Crippen LogP contribution is 2.28. The Morgan fingerprint density at radius 2 is 1.96 bits per heavy atom. The number of hydrogen-bond donors (Lipinski definition) is 2. The average molecular weight is 346 g/mol. The van der Waals surface area contributed by atoms with Crippen molar-refractivity contribution >= 4 is 27.5 Å². The number of rotatable bonds is 3. The van der Waals surface area contributed by atoms with E-state index in [2.05, 4.69) is 5.32 Å². The number of ether oxygens (including phenoxy) is 1. The molecule has 0 spiro atoms. The molecule has 0 unspecified atom stereocenters. The molecule has 0 radical (unpaired) electrons. The Morgan fingerprint density at radius 3 is 2.71 bits per heavy atom. The predicted octanol–water partition coefficient (Wildman–Crippen LogP) is 1.44. The fraction of sp³-hybridized carbons (Fsp3) is 0.125. The van der Waals surface area contributed by atoms with E-state index in [1.165, 1.54) is 24.3 Å². The van der Waals surface area contributed by atoms with E-state index in [0.29, 0.717) is 17.0 Å². The second-order valence-corrected chi connectivity index (χ2v) is 6.90. The van der Waals surface area contributed by atoms with Crippen LogP contribution in [0.1, 0.15) is 15.9 Å². The largest absolute Gasteiger partial charge is 0.482 e. The number of hydrogen-bond acceptors (Lipinski definition) is 5. The third kappa shape index (κ3) is 3.09. The normalized spacial score (nSPS) is 13.5. The number of amides is 2. The molecule has 7 nitrogen and oxygen atoms in total. The number of benzene rings is 2. The van der Waals surface area contributed by atoms with Crippen molar-refractivity contribution in [3.63, 3.8) is 0 Å². The van der Waals surface area contributed by atoms with Crippen molar-refractivity contribution in [2.45, 2.75) is 11.8 Å². The van der Waals surface area contributed by atoms with E-state index in [0.717, 1.165) is 0 Å². The minimum absolute atomic E-state index is 0.0415. The third-order valence-electron chi connectivity index (χ3n) is 3.49. The fourth-order valence-corrected chi connectivity index (χ4v) is 3.53. The fourth-order valence-electron chi connectivity index (χ4n) is 2.31. The van der Waals surface area contributed by atoms with E-state index in [1.54, 1.807) is 25.1 Å². The Hall–Kier alpha value is -2.87. The van der Waals surface area contributed by atoms with Gasteiger partial charge in [0.25, 0.3) is 21.8 Å². The summed E-state index contributed by atoms with van der Waals surface area (Å²) in [5.41, 5.74) is 1.08. The number of aryl methyl sites for hydroxylation is 1. The van der Waals surface area contributed by atoms with Gasteiger partial charge in [-0.25, -0.2) is 13.1 Å². The predicted molar refractivity (Wildman–Crippen MR) is 86.4 cm³/mol. The molecule has 2 N–H and O–H groups in total. The molecule has 0 aliphatic carbocycles. The highest BCUT2D eigenvalue weighted by molar-refractivity contribution is 7.90. The van der Waals surface area contributed by atoms with Crippen molar-refractivity contribution in [3.05, 3.63) is 53.6 Å². The quantitative estimate of drug-likeness (QED) is 0.876. The van der Waals surface area contributed by atoms with Gasteiger partial charge in [-0.3, -0.25) is 9.59 Å². The lowest BCUT2D eigenvalue weighted by Crippen LogP contribution is -2.31. The molecule has 0 fully saturated rings. The van der Waals surface area contributed by atoms with E-state index in [9.17, 15) is 18.0 Å². The molecule has 1 aliphatic heterocycles. The minimum atomic E-state index is -3.98. The molecule has 8 heteroatoms. The van der Waals surface area contributed by atoms with E-state index < -0.39 is 15.9 Å². The summed E-state index contributed by atoms with van der Waals surface area (Å²) in [5.74, 6) is -0.751. The van der Waals surface area contributed by atoms with Crippen molar-refractivity contribution < 1.29 is 22.7 Å². The highest BCUT2D eigenvalue weighted by Gasteiger charge is 2.22. The number of carbonyl (C=O) groups is 2. The van der Waals surface area contributed by atoms with Gasteiger partial charge >= 0.3 is 0 Å². The molecule has 124 valence electrons. The average Bonchev–Trinajstić information content (AvgIpc) is 2.54. The third-order valence-corrected chi connectivity index (χ3v) is 4.98. The summed E-state index contributed by atoms with van der Waals surface area (Å²) in [6.07, 6.45) is 0. The van der Waals surface area contributed by atoms with Gasteiger partial charge in [-0.05, 0) is 36.8 Å². The molecule has 0 bridgehead atoms. The molecule has 1 aliphatic rings. The van der Waals surface area contributed by atoms with Crippen molar-refractivity contribution in [3.8, 4) is 5.75 Å². The Morgan fingerprint density at radius 1 is 1.21 bits per heavy atom. The molecule has 1 heterocycles. The molecule has 0 aromatic heterocycles. The van der Waals surface area contributed by atoms with Crippen LogP contribution in [0.25, 0.3) is 0 Å². The van der Waals surface area contributed by atoms with E-state index >= 15 is 0 Å². The van der Waals surface area contributed by atoms with Gasteiger partial charge in [-0.1, -0.05) is 18.2 Å². The van der Waals surface area contributed by atoms with Crippen LogP contribution in [0.3, 0.4) is 0 Å². The number of fused-ring (bicyclic) bond motifs is 1. The monoisotopic (exact) mass is 346 g/mol. The van der Waals surface area contributed by atoms with Gasteiger partial charge in [0.2, 0.25) is 0 Å². The Labute approximate surface area is 138 Å². The highest BCUT2D eigenvalue weighted by atomic mass is 32.2. The van der Waals surface area contributed by atoms with Crippen LogP contribution in [-0.2, 0) is 14.8 Å². The van der Waals surface area contributed by atoms with E-state index in [4.69, 9.17) is 4.74 Å². The van der Waals surface area contributed by atoms with Gasteiger partial charge in [-0.15, -0.1) is 0 Å². The van der Waals surface area contributed by atoms with Crippen LogP contribution in [0.5, 0.6) is 5.75 Å². The summed E-state index contributed by atoms with van der Waals surface area (Å²) >= 11 is 0. The molecule has 2 aromatic rings. The molecule has 24 heavy (non-hydrogen) atoms. The van der Waals surface area contributed by atoms with Crippen LogP contribution in [-0.4, -0.2) is 26.8 Å². The van der Waals surface area contributed by atoms with Gasteiger partial charge in [0.15, 0.2) is 6.61 Å². The second kappa shape index (κ2) is 5.97. The van der Waals surface area contributed by atoms with Gasteiger partial charge in [-0.2, -0.15) is 0 Å². The molecule has 2 amide bonds. The zero-order valence-corrected chi connectivity index (χ0v) is 13.5. The van der Waals surface area contributed by atoms with Gasteiger partial charge < -0.3 is 10.1 Å². The van der Waals surface area contributed by atoms with Crippen molar-refractivity contribution in [2.24, 2.45) is 0 Å². The molecule has 0 saturated carbocycles. The van der Waals surface area contributed by atoms with Crippen LogP contribution in [0.2, 0.25) is 0 Å². The maximum absolute atomic E-state index is 12.3. The Balaban J connectivity index is 1.85. The number of sulfonamides is 1. The number of anilines is 1. The van der Waals surface area contributed by atoms with Crippen LogP contribution < -0.4 is 14.8 Å². The summed E-state index contributed by atoms with van der Waals surface area (Å²) in [6, 6.07) is 10.7. The Bertz CT molecular complexity index is 937. The van der Waals surface area contributed by atoms with Gasteiger partial charge in [0.1, 0.15) is 5.75 Å². The van der Waals surface area contributed by atoms with Crippen LogP contribution in [0.15, 0.2) is 47.4 Å². The molecule has 2 aromatic carbocycles. The summed E-state index contributed by atoms with van der Waals surface area (Å²) in [4.78, 5) is 23.5. The minimum Gasteiger partial charge on any atom is -0.482 e. The molecular formula is C16H14N2O5S. The summed E-state index contributed by atoms with van der Waals surface area (Å²) in [5, 5.41) is 2.59. The standard InChI is InChI=1S/C16H14N2O5S/c1-10-4-2-3-5-14(10)24(21,22)18-16(20)11-6-7-12-13(8-11)23-9-15(19)17-12/h2-8H,9H2,1H3,(H,17,19)(H,18,20). The summed E-state index contributed by atoms with van der Waals surface area (Å²) < 4.78 is 32.0. The van der Waals surface area contributed by atoms with Gasteiger partial charge in [0.05, 0.1) is 10.6 Å². The first kappa shape index (κ1) is 16.0. The topological polar surface area (TPSA) is 102 Å². The molecule has 3 rings (SSSR count). The van der Waals surface area contributed by atoms with Crippen molar-refractivity contribution in [2.75, 3.05) is 11.9 Å². The molecule has 0 saturated heterocycles. The van der Waals surface area contributed by atoms with Crippen LogP contribution in [0.4, 0.5) is 5.69 Å². The first-order chi connectivity index (χ1) is 11.4. The second-order valence-electron chi connectivity index (χ2n) is 5.25. The van der Waals surface area contributed by atoms with Crippen LogP contribution >= 0.6 is 0 Å². The van der Waals surface area contributed by atoms with Gasteiger partial charge in [0, 0.05) is 5.56 Å². The first-order valence-corrected chi connectivity index (χ1v) is 8.54. The zero-order valence-electron chi connectivity index (χ0n) is 12.7. The molecular weight excluding hydrogens is 332 g/mol. The first-order valence-electron chi connectivity index (χ1n) is 7.06. The number of nitrogens with one attached hydrogen (secondary N) is 2. The summed E-state index contributed by atoms with van der Waals surface area (Å²) in [7, 11) is -3.98. The Kier molecular flexibility index (Phi) is 3.98. The van der Waals surface area contributed by atoms with Crippen LogP contribution in [0, 0.1) is 6.92 Å². The van der Waals surface area contributed by atoms with Crippen molar-refractivity contribution in [1.29, 1.82) is 0 Å². The van der Waals surface area contributed by atoms with E-state index in [-0.39, 0.29) is 23.0 Å². The summed E-state index contributed by atoms with van der Waals surface area (Å²) in [6.45, 7) is 1.49. The lowest BCUT2D eigenvalue weighted by Gasteiger charge is -2.18.